The number of nitrogens with one attached hydrogen (secondary N) is 2. The van der Waals surface area contributed by atoms with Crippen molar-refractivity contribution in [3.63, 3.8) is 0 Å². The molecule has 15 heavy (non-hydrogen) atoms. The predicted octanol–water partition coefficient (Wildman–Crippen LogP) is 1.60. The Morgan fingerprint density at radius 3 is 3.13 bits per heavy atom. The lowest BCUT2D eigenvalue weighted by Crippen LogP contribution is -2.22. The molecule has 4 heteroatoms. The molecule has 0 radical (unpaired) electrons. The summed E-state index contributed by atoms with van der Waals surface area (Å²) in [6, 6.07) is 8.88. The Morgan fingerprint density at radius 2 is 2.33 bits per heavy atom. The van der Waals surface area contributed by atoms with E-state index in [1.807, 2.05) is 24.3 Å². The standard InChI is InChI=1S/C11H13N3O/c1-2-4-10-9(3-1)14-11(15-10)13-8-5-6-12-7-8/h1-4,8,12H,5-7H2,(H,13,14)/t8-/m1/s1. The Labute approximate surface area is 87.7 Å². The van der Waals surface area contributed by atoms with Crippen LogP contribution in [0.4, 0.5) is 6.01 Å². The van der Waals surface area contributed by atoms with E-state index in [0.29, 0.717) is 12.1 Å². The van der Waals surface area contributed by atoms with E-state index >= 15 is 0 Å². The number of nitrogens with zero attached hydrogens (tertiary/aromatic N) is 1. The highest BCUT2D eigenvalue weighted by Crippen LogP contribution is 2.19. The van der Waals surface area contributed by atoms with Crippen LogP contribution in [-0.2, 0) is 0 Å². The Balaban J connectivity index is 1.84. The fourth-order valence-electron chi connectivity index (χ4n) is 1.89. The topological polar surface area (TPSA) is 50.1 Å². The first-order valence-corrected chi connectivity index (χ1v) is 5.25. The second-order valence-corrected chi connectivity index (χ2v) is 3.82. The highest BCUT2D eigenvalue weighted by Gasteiger charge is 2.16. The molecular formula is C11H13N3O. The van der Waals surface area contributed by atoms with Crippen LogP contribution in [0.5, 0.6) is 0 Å². The summed E-state index contributed by atoms with van der Waals surface area (Å²) in [5, 5.41) is 6.58. The zero-order chi connectivity index (χ0) is 10.1. The fourth-order valence-corrected chi connectivity index (χ4v) is 1.89. The van der Waals surface area contributed by atoms with Crippen LogP contribution in [0, 0.1) is 0 Å². The summed E-state index contributed by atoms with van der Waals surface area (Å²) in [6.45, 7) is 2.05. The summed E-state index contributed by atoms with van der Waals surface area (Å²) in [7, 11) is 0. The van der Waals surface area contributed by atoms with E-state index in [0.717, 1.165) is 30.6 Å². The van der Waals surface area contributed by atoms with Crippen molar-refractivity contribution in [1.82, 2.24) is 10.3 Å². The molecule has 1 atom stereocenters. The second-order valence-electron chi connectivity index (χ2n) is 3.82. The summed E-state index contributed by atoms with van der Waals surface area (Å²) in [4.78, 5) is 4.37. The molecule has 0 bridgehead atoms. The number of fused-ring (bicyclic) bond motifs is 1. The first-order valence-electron chi connectivity index (χ1n) is 5.25. The van der Waals surface area contributed by atoms with Gasteiger partial charge in [0.15, 0.2) is 5.58 Å². The third-order valence-corrected chi connectivity index (χ3v) is 2.68. The minimum absolute atomic E-state index is 0.443. The number of aromatic nitrogens is 1. The van der Waals surface area contributed by atoms with Gasteiger partial charge in [-0.05, 0) is 25.1 Å². The largest absolute Gasteiger partial charge is 0.424 e. The predicted molar refractivity (Wildman–Crippen MR) is 58.9 cm³/mol. The molecule has 2 N–H and O–H groups in total. The van der Waals surface area contributed by atoms with E-state index in [9.17, 15) is 0 Å². The summed E-state index contributed by atoms with van der Waals surface area (Å²) in [5.41, 5.74) is 1.75. The lowest BCUT2D eigenvalue weighted by molar-refractivity contribution is 0.599. The Morgan fingerprint density at radius 1 is 1.40 bits per heavy atom. The molecule has 0 unspecified atom stereocenters. The number of hydrogen-bond acceptors (Lipinski definition) is 4. The van der Waals surface area contributed by atoms with Crippen LogP contribution in [0.3, 0.4) is 0 Å². The van der Waals surface area contributed by atoms with Crippen molar-refractivity contribution in [2.75, 3.05) is 18.4 Å². The minimum atomic E-state index is 0.443. The maximum Gasteiger partial charge on any atom is 0.295 e. The van der Waals surface area contributed by atoms with Gasteiger partial charge < -0.3 is 15.1 Å². The molecule has 1 saturated heterocycles. The van der Waals surface area contributed by atoms with Gasteiger partial charge in [0, 0.05) is 12.6 Å². The summed E-state index contributed by atoms with van der Waals surface area (Å²) >= 11 is 0. The van der Waals surface area contributed by atoms with Gasteiger partial charge in [-0.15, -0.1) is 0 Å². The molecule has 0 spiro atoms. The van der Waals surface area contributed by atoms with Gasteiger partial charge in [-0.2, -0.15) is 4.98 Å². The first kappa shape index (κ1) is 8.73. The van der Waals surface area contributed by atoms with E-state index in [4.69, 9.17) is 4.42 Å². The van der Waals surface area contributed by atoms with Crippen molar-refractivity contribution in [3.05, 3.63) is 24.3 Å². The van der Waals surface area contributed by atoms with Crippen LogP contribution in [0.1, 0.15) is 6.42 Å². The lowest BCUT2D eigenvalue weighted by Gasteiger charge is -2.07. The van der Waals surface area contributed by atoms with Crippen molar-refractivity contribution < 1.29 is 4.42 Å². The van der Waals surface area contributed by atoms with Crippen molar-refractivity contribution in [3.8, 4) is 0 Å². The van der Waals surface area contributed by atoms with Gasteiger partial charge in [0.1, 0.15) is 5.52 Å². The molecule has 0 aliphatic carbocycles. The van der Waals surface area contributed by atoms with Crippen molar-refractivity contribution >= 4 is 17.1 Å². The average Bonchev–Trinajstić information content (AvgIpc) is 2.86. The van der Waals surface area contributed by atoms with Crippen LogP contribution >= 0.6 is 0 Å². The van der Waals surface area contributed by atoms with Gasteiger partial charge in [-0.25, -0.2) is 0 Å². The van der Waals surface area contributed by atoms with E-state index in [1.54, 1.807) is 0 Å². The van der Waals surface area contributed by atoms with E-state index < -0.39 is 0 Å². The van der Waals surface area contributed by atoms with Gasteiger partial charge in [-0.3, -0.25) is 0 Å². The molecule has 1 aliphatic rings. The van der Waals surface area contributed by atoms with Gasteiger partial charge in [0.2, 0.25) is 0 Å². The first-order chi connectivity index (χ1) is 7.42. The van der Waals surface area contributed by atoms with Crippen LogP contribution in [0.2, 0.25) is 0 Å². The smallest absolute Gasteiger partial charge is 0.295 e. The Hall–Kier alpha value is -1.55. The summed E-state index contributed by atoms with van der Waals surface area (Å²) in [6.07, 6.45) is 1.12. The van der Waals surface area contributed by atoms with Crippen LogP contribution in [-0.4, -0.2) is 24.1 Å². The van der Waals surface area contributed by atoms with E-state index in [2.05, 4.69) is 15.6 Å². The Kier molecular flexibility index (Phi) is 2.07. The molecule has 1 aromatic heterocycles. The van der Waals surface area contributed by atoms with Crippen molar-refractivity contribution in [1.29, 1.82) is 0 Å². The van der Waals surface area contributed by atoms with Crippen molar-refractivity contribution in [2.24, 2.45) is 0 Å². The zero-order valence-electron chi connectivity index (χ0n) is 8.36. The molecule has 1 aromatic carbocycles. The molecule has 3 rings (SSSR count). The molecule has 4 nitrogen and oxygen atoms in total. The third kappa shape index (κ3) is 1.68. The van der Waals surface area contributed by atoms with Gasteiger partial charge in [0.25, 0.3) is 6.01 Å². The fraction of sp³-hybridized carbons (Fsp3) is 0.364. The van der Waals surface area contributed by atoms with Crippen LogP contribution in [0.15, 0.2) is 28.7 Å². The Bertz CT molecular complexity index is 427. The molecule has 1 aliphatic heterocycles. The molecule has 78 valence electrons. The van der Waals surface area contributed by atoms with Crippen LogP contribution in [0.25, 0.3) is 11.1 Å². The number of oxazole rings is 1. The normalized spacial score (nSPS) is 20.9. The molecular weight excluding hydrogens is 190 g/mol. The van der Waals surface area contributed by atoms with Gasteiger partial charge >= 0.3 is 0 Å². The summed E-state index contributed by atoms with van der Waals surface area (Å²) in [5.74, 6) is 0. The highest BCUT2D eigenvalue weighted by atomic mass is 16.4. The number of para-hydroxylation sites is 2. The lowest BCUT2D eigenvalue weighted by atomic mass is 10.3. The average molecular weight is 203 g/mol. The SMILES string of the molecule is c1ccc2oc(N[C@@H]3CCNC3)nc2c1. The highest BCUT2D eigenvalue weighted by molar-refractivity contribution is 5.74. The molecule has 1 fully saturated rings. The number of anilines is 1. The number of rotatable bonds is 2. The van der Waals surface area contributed by atoms with Gasteiger partial charge in [0.05, 0.1) is 0 Å². The second kappa shape index (κ2) is 3.55. The zero-order valence-corrected chi connectivity index (χ0v) is 8.36. The van der Waals surface area contributed by atoms with Crippen molar-refractivity contribution in [2.45, 2.75) is 12.5 Å². The quantitative estimate of drug-likeness (QED) is 0.778. The third-order valence-electron chi connectivity index (χ3n) is 2.68. The van der Waals surface area contributed by atoms with E-state index in [-0.39, 0.29) is 0 Å². The maximum atomic E-state index is 5.58. The summed E-state index contributed by atoms with van der Waals surface area (Å²) < 4.78 is 5.58. The van der Waals surface area contributed by atoms with E-state index in [1.165, 1.54) is 0 Å². The molecule has 2 aromatic rings. The maximum absolute atomic E-state index is 5.58. The molecule has 0 saturated carbocycles. The van der Waals surface area contributed by atoms with Gasteiger partial charge in [-0.1, -0.05) is 12.1 Å². The monoisotopic (exact) mass is 203 g/mol. The molecule has 0 amide bonds. The minimum Gasteiger partial charge on any atom is -0.424 e. The number of hydrogen-bond donors (Lipinski definition) is 2. The van der Waals surface area contributed by atoms with Crippen LogP contribution < -0.4 is 10.6 Å². The number of benzene rings is 1. The molecule has 2 heterocycles.